The summed E-state index contributed by atoms with van der Waals surface area (Å²) in [5.74, 6) is 0. The summed E-state index contributed by atoms with van der Waals surface area (Å²) in [6.45, 7) is 13.1. The fourth-order valence-electron chi connectivity index (χ4n) is 2.49. The highest BCUT2D eigenvalue weighted by atomic mass is 32.1. The number of aromatic nitrogens is 1. The van der Waals surface area contributed by atoms with E-state index in [1.807, 2.05) is 6.92 Å². The SMILES string of the molecule is CCCCc1ccc(-c2nc(C)c(C=O)s2)cc1.CCN(C)CCN(C)CC. The molecule has 4 nitrogen and oxygen atoms in total. The minimum Gasteiger partial charge on any atom is -0.305 e. The van der Waals surface area contributed by atoms with Gasteiger partial charge >= 0.3 is 0 Å². The lowest BCUT2D eigenvalue weighted by Crippen LogP contribution is -2.30. The highest BCUT2D eigenvalue weighted by molar-refractivity contribution is 7.16. The zero-order chi connectivity index (χ0) is 20.9. The summed E-state index contributed by atoms with van der Waals surface area (Å²) in [5.41, 5.74) is 3.28. The lowest BCUT2D eigenvalue weighted by molar-refractivity contribution is 0.112. The molecule has 2 rings (SSSR count). The second-order valence-corrected chi connectivity index (χ2v) is 8.21. The molecule has 2 aromatic rings. The van der Waals surface area contributed by atoms with Crippen LogP contribution in [-0.2, 0) is 6.42 Å². The third-order valence-electron chi connectivity index (χ3n) is 4.90. The number of nitrogens with zero attached hydrogens (tertiary/aromatic N) is 3. The van der Waals surface area contributed by atoms with E-state index in [4.69, 9.17) is 0 Å². The van der Waals surface area contributed by atoms with E-state index in [2.05, 4.69) is 73.9 Å². The fraction of sp³-hybridized carbons (Fsp3) is 0.565. The van der Waals surface area contributed by atoms with E-state index in [-0.39, 0.29) is 0 Å². The van der Waals surface area contributed by atoms with Crippen molar-refractivity contribution in [2.24, 2.45) is 0 Å². The monoisotopic (exact) mass is 403 g/mol. The Morgan fingerprint density at radius 1 is 1.00 bits per heavy atom. The molecule has 0 radical (unpaired) electrons. The molecule has 0 saturated carbocycles. The molecule has 0 unspecified atom stereocenters. The summed E-state index contributed by atoms with van der Waals surface area (Å²) < 4.78 is 0. The quantitative estimate of drug-likeness (QED) is 0.513. The number of hydrogen-bond donors (Lipinski definition) is 0. The predicted molar refractivity (Wildman–Crippen MR) is 123 cm³/mol. The van der Waals surface area contributed by atoms with Crippen LogP contribution in [0.15, 0.2) is 24.3 Å². The van der Waals surface area contributed by atoms with Crippen molar-refractivity contribution in [1.82, 2.24) is 14.8 Å². The summed E-state index contributed by atoms with van der Waals surface area (Å²) in [6.07, 6.45) is 4.46. The first-order chi connectivity index (χ1) is 13.4. The van der Waals surface area contributed by atoms with Crippen molar-refractivity contribution >= 4 is 17.6 Å². The minimum absolute atomic E-state index is 0.722. The molecule has 28 heavy (non-hydrogen) atoms. The molecule has 0 bridgehead atoms. The van der Waals surface area contributed by atoms with Crippen molar-refractivity contribution in [1.29, 1.82) is 0 Å². The van der Waals surface area contributed by atoms with Crippen molar-refractivity contribution < 1.29 is 4.79 Å². The number of likely N-dealkylation sites (N-methyl/N-ethyl adjacent to an activating group) is 2. The summed E-state index contributed by atoms with van der Waals surface area (Å²) >= 11 is 1.46. The van der Waals surface area contributed by atoms with Crippen LogP contribution in [-0.4, -0.2) is 61.3 Å². The van der Waals surface area contributed by atoms with Gasteiger partial charge in [0.25, 0.3) is 0 Å². The van der Waals surface area contributed by atoms with Gasteiger partial charge in [-0.1, -0.05) is 51.5 Å². The lowest BCUT2D eigenvalue weighted by atomic mass is 10.1. The maximum absolute atomic E-state index is 10.8. The third-order valence-corrected chi connectivity index (χ3v) is 6.03. The molecule has 0 amide bonds. The first kappa shape index (κ1) is 24.5. The maximum atomic E-state index is 10.8. The minimum atomic E-state index is 0.722. The molecule has 1 aromatic heterocycles. The summed E-state index contributed by atoms with van der Waals surface area (Å²) in [4.78, 5) is 20.6. The van der Waals surface area contributed by atoms with Gasteiger partial charge in [-0.25, -0.2) is 4.98 Å². The average Bonchev–Trinajstić information content (AvgIpc) is 3.11. The molecule has 1 heterocycles. The molecule has 0 aliphatic rings. The van der Waals surface area contributed by atoms with Crippen molar-refractivity contribution in [2.75, 3.05) is 40.3 Å². The van der Waals surface area contributed by atoms with Crippen LogP contribution in [0.25, 0.3) is 10.6 Å². The molecule has 156 valence electrons. The van der Waals surface area contributed by atoms with Gasteiger partial charge in [0.2, 0.25) is 0 Å². The summed E-state index contributed by atoms with van der Waals surface area (Å²) in [7, 11) is 4.31. The van der Waals surface area contributed by atoms with E-state index in [1.54, 1.807) is 0 Å². The molecule has 0 spiro atoms. The lowest BCUT2D eigenvalue weighted by Gasteiger charge is -2.18. The average molecular weight is 404 g/mol. The first-order valence-electron chi connectivity index (χ1n) is 10.3. The van der Waals surface area contributed by atoms with Gasteiger partial charge < -0.3 is 9.80 Å². The van der Waals surface area contributed by atoms with Crippen molar-refractivity contribution in [3.63, 3.8) is 0 Å². The molecule has 0 fully saturated rings. The molecular formula is C23H37N3OS. The van der Waals surface area contributed by atoms with Crippen LogP contribution in [0.1, 0.15) is 54.5 Å². The maximum Gasteiger partial charge on any atom is 0.161 e. The number of hydrogen-bond acceptors (Lipinski definition) is 5. The van der Waals surface area contributed by atoms with Crippen LogP contribution in [0.5, 0.6) is 0 Å². The number of aldehydes is 1. The van der Waals surface area contributed by atoms with E-state index in [0.29, 0.717) is 0 Å². The van der Waals surface area contributed by atoms with Gasteiger partial charge in [0.1, 0.15) is 5.01 Å². The number of aryl methyl sites for hydroxylation is 2. The van der Waals surface area contributed by atoms with Gasteiger partial charge in [0.05, 0.1) is 10.6 Å². The van der Waals surface area contributed by atoms with E-state index in [0.717, 1.165) is 46.9 Å². The van der Waals surface area contributed by atoms with Crippen LogP contribution in [0.2, 0.25) is 0 Å². The van der Waals surface area contributed by atoms with Crippen molar-refractivity contribution in [3.8, 4) is 10.6 Å². The molecule has 0 aliphatic carbocycles. The van der Waals surface area contributed by atoms with Crippen molar-refractivity contribution in [3.05, 3.63) is 40.4 Å². The van der Waals surface area contributed by atoms with Crippen molar-refractivity contribution in [2.45, 2.75) is 47.0 Å². The molecule has 0 atom stereocenters. The Balaban J connectivity index is 0.000000336. The van der Waals surface area contributed by atoms with Gasteiger partial charge in [0, 0.05) is 18.7 Å². The topological polar surface area (TPSA) is 36.4 Å². The number of carbonyl (C=O) groups excluding carboxylic acids is 1. The fourth-order valence-corrected chi connectivity index (χ4v) is 3.38. The standard InChI is InChI=1S/C15H17NOS.C8H20N2/c1-3-4-5-12-6-8-13(9-7-12)15-16-11(2)14(10-17)18-15;1-5-9(3)7-8-10(4)6-2/h6-10H,3-5H2,1-2H3;5-8H2,1-4H3. The number of rotatable bonds is 10. The Morgan fingerprint density at radius 3 is 2.00 bits per heavy atom. The number of benzene rings is 1. The Kier molecular flexibility index (Phi) is 11.9. The largest absolute Gasteiger partial charge is 0.305 e. The van der Waals surface area contributed by atoms with Crippen LogP contribution in [0, 0.1) is 6.92 Å². The van der Waals surface area contributed by atoms with Gasteiger partial charge in [0.15, 0.2) is 6.29 Å². The van der Waals surface area contributed by atoms with Gasteiger partial charge in [-0.3, -0.25) is 4.79 Å². The van der Waals surface area contributed by atoms with Crippen LogP contribution >= 0.6 is 11.3 Å². The van der Waals surface area contributed by atoms with Gasteiger partial charge in [-0.15, -0.1) is 11.3 Å². The van der Waals surface area contributed by atoms with E-state index < -0.39 is 0 Å². The number of thiazole rings is 1. The van der Waals surface area contributed by atoms with Crippen LogP contribution < -0.4 is 0 Å². The molecule has 0 saturated heterocycles. The number of carbonyl (C=O) groups is 1. The van der Waals surface area contributed by atoms with Gasteiger partial charge in [-0.05, 0) is 52.5 Å². The van der Waals surface area contributed by atoms with Gasteiger partial charge in [-0.2, -0.15) is 0 Å². The van der Waals surface area contributed by atoms with E-state index in [1.165, 1.54) is 42.8 Å². The molecule has 1 aromatic carbocycles. The zero-order valence-corrected chi connectivity index (χ0v) is 19.3. The second kappa shape index (κ2) is 13.6. The Bertz CT molecular complexity index is 672. The summed E-state index contributed by atoms with van der Waals surface area (Å²) in [5, 5.41) is 0.927. The van der Waals surface area contributed by atoms with Crippen LogP contribution in [0.3, 0.4) is 0 Å². The van der Waals surface area contributed by atoms with E-state index >= 15 is 0 Å². The highest BCUT2D eigenvalue weighted by Gasteiger charge is 2.08. The highest BCUT2D eigenvalue weighted by Crippen LogP contribution is 2.27. The molecule has 5 heteroatoms. The number of unbranched alkanes of at least 4 members (excludes halogenated alkanes) is 1. The Labute approximate surface area is 175 Å². The van der Waals surface area contributed by atoms with E-state index in [9.17, 15) is 4.79 Å². The molecular weight excluding hydrogens is 366 g/mol. The van der Waals surface area contributed by atoms with Crippen LogP contribution in [0.4, 0.5) is 0 Å². The normalized spacial score (nSPS) is 10.9. The molecule has 0 aliphatic heterocycles. The smallest absolute Gasteiger partial charge is 0.161 e. The first-order valence-corrected chi connectivity index (χ1v) is 11.2. The Hall–Kier alpha value is -1.56. The Morgan fingerprint density at radius 2 is 1.57 bits per heavy atom. The molecule has 0 N–H and O–H groups in total. The third kappa shape index (κ3) is 8.63. The predicted octanol–water partition coefficient (Wildman–Crippen LogP) is 5.16. The second-order valence-electron chi connectivity index (χ2n) is 7.18. The zero-order valence-electron chi connectivity index (χ0n) is 18.5. The summed E-state index contributed by atoms with van der Waals surface area (Å²) in [6, 6.07) is 8.50.